The van der Waals surface area contributed by atoms with Crippen molar-refractivity contribution in [3.8, 4) is 0 Å². The first-order valence-corrected chi connectivity index (χ1v) is 6.68. The molecule has 0 aromatic carbocycles. The molecule has 80 valence electrons. The van der Waals surface area contributed by atoms with Crippen LogP contribution in [0, 0.1) is 5.92 Å². The highest BCUT2D eigenvalue weighted by Crippen LogP contribution is 2.18. The number of unbranched alkanes of at least 4 members (excludes halogenated alkanes) is 1. The van der Waals surface area contributed by atoms with Crippen LogP contribution in [0.1, 0.15) is 33.1 Å². The van der Waals surface area contributed by atoms with E-state index in [0.717, 1.165) is 12.0 Å². The fraction of sp³-hybridized carbons (Fsp3) is 1.00. The lowest BCUT2D eigenvalue weighted by Gasteiger charge is -2.29. The molecule has 1 nitrogen and oxygen atoms in total. The molecule has 0 saturated carbocycles. The van der Waals surface area contributed by atoms with Crippen LogP contribution in [0.3, 0.4) is 0 Å². The minimum Gasteiger partial charge on any atom is -0.305 e. The number of hydrogen-bond acceptors (Lipinski definition) is 2. The summed E-state index contributed by atoms with van der Waals surface area (Å²) >= 11 is 1.96. The van der Waals surface area contributed by atoms with E-state index in [1.165, 1.54) is 25.0 Å². The van der Waals surface area contributed by atoms with Crippen LogP contribution in [0.15, 0.2) is 0 Å². The van der Waals surface area contributed by atoms with Gasteiger partial charge in [0, 0.05) is 11.8 Å². The summed E-state index contributed by atoms with van der Waals surface area (Å²) in [5.74, 6) is 2.10. The van der Waals surface area contributed by atoms with Crippen molar-refractivity contribution < 1.29 is 0 Å². The van der Waals surface area contributed by atoms with Crippen LogP contribution >= 0.6 is 11.8 Å². The predicted octanol–water partition coefficient (Wildman–Crippen LogP) is 3.11. The molecular formula is C11H25NS. The summed E-state index contributed by atoms with van der Waals surface area (Å²) in [5.41, 5.74) is 0. The molecule has 0 fully saturated rings. The van der Waals surface area contributed by atoms with Crippen molar-refractivity contribution in [3.05, 3.63) is 0 Å². The molecule has 0 heterocycles. The maximum absolute atomic E-state index is 2.39. The molecule has 0 radical (unpaired) electrons. The molecule has 0 aliphatic carbocycles. The average molecular weight is 203 g/mol. The number of thioether (sulfide) groups is 1. The van der Waals surface area contributed by atoms with E-state index < -0.39 is 0 Å². The topological polar surface area (TPSA) is 3.24 Å². The van der Waals surface area contributed by atoms with Crippen molar-refractivity contribution in [2.45, 2.75) is 39.2 Å². The molecule has 0 spiro atoms. The van der Waals surface area contributed by atoms with Crippen molar-refractivity contribution in [1.82, 2.24) is 4.90 Å². The fourth-order valence-electron chi connectivity index (χ4n) is 1.71. The minimum atomic E-state index is 0.751. The van der Waals surface area contributed by atoms with E-state index in [-0.39, 0.29) is 0 Å². The Morgan fingerprint density at radius 1 is 1.31 bits per heavy atom. The second-order valence-corrected chi connectivity index (χ2v) is 5.02. The van der Waals surface area contributed by atoms with E-state index >= 15 is 0 Å². The summed E-state index contributed by atoms with van der Waals surface area (Å²) in [6.07, 6.45) is 6.27. The van der Waals surface area contributed by atoms with Gasteiger partial charge < -0.3 is 4.90 Å². The molecular weight excluding hydrogens is 178 g/mol. The van der Waals surface area contributed by atoms with Gasteiger partial charge >= 0.3 is 0 Å². The van der Waals surface area contributed by atoms with Crippen molar-refractivity contribution in [3.63, 3.8) is 0 Å². The van der Waals surface area contributed by atoms with Crippen molar-refractivity contribution in [2.75, 3.05) is 26.1 Å². The predicted molar refractivity (Wildman–Crippen MR) is 64.5 cm³/mol. The molecule has 0 aromatic heterocycles. The lowest BCUT2D eigenvalue weighted by molar-refractivity contribution is 0.232. The lowest BCUT2D eigenvalue weighted by Crippen LogP contribution is -2.36. The van der Waals surface area contributed by atoms with Crippen LogP contribution in [-0.4, -0.2) is 37.0 Å². The van der Waals surface area contributed by atoms with Gasteiger partial charge in [-0.25, -0.2) is 0 Å². The second kappa shape index (κ2) is 7.69. The SMILES string of the molecule is CCCCC(C)C(CSC)N(C)C. The molecule has 0 N–H and O–H groups in total. The summed E-state index contributed by atoms with van der Waals surface area (Å²) in [4.78, 5) is 2.37. The molecule has 2 heteroatoms. The van der Waals surface area contributed by atoms with E-state index in [1.54, 1.807) is 0 Å². The Balaban J connectivity index is 3.87. The van der Waals surface area contributed by atoms with Crippen LogP contribution in [0.5, 0.6) is 0 Å². The molecule has 0 amide bonds. The largest absolute Gasteiger partial charge is 0.305 e. The van der Waals surface area contributed by atoms with Crippen LogP contribution in [-0.2, 0) is 0 Å². The van der Waals surface area contributed by atoms with Gasteiger partial charge in [0.05, 0.1) is 0 Å². The smallest absolute Gasteiger partial charge is 0.0205 e. The molecule has 13 heavy (non-hydrogen) atoms. The zero-order valence-electron chi connectivity index (χ0n) is 9.84. The van der Waals surface area contributed by atoms with Gasteiger partial charge in [0.2, 0.25) is 0 Å². The van der Waals surface area contributed by atoms with Gasteiger partial charge in [0.15, 0.2) is 0 Å². The molecule has 0 aliphatic heterocycles. The van der Waals surface area contributed by atoms with E-state index in [0.29, 0.717) is 0 Å². The lowest BCUT2D eigenvalue weighted by atomic mass is 9.96. The summed E-state index contributed by atoms with van der Waals surface area (Å²) in [6.45, 7) is 4.66. The molecule has 0 saturated heterocycles. The number of rotatable bonds is 7. The van der Waals surface area contributed by atoms with Crippen molar-refractivity contribution in [2.24, 2.45) is 5.92 Å². The maximum Gasteiger partial charge on any atom is 0.0205 e. The van der Waals surface area contributed by atoms with Gasteiger partial charge in [-0.1, -0.05) is 26.7 Å². The van der Waals surface area contributed by atoms with Crippen LogP contribution in [0.4, 0.5) is 0 Å². The van der Waals surface area contributed by atoms with Gasteiger partial charge in [-0.2, -0.15) is 11.8 Å². The Labute approximate surface area is 88.3 Å². The van der Waals surface area contributed by atoms with Gasteiger partial charge in [0.1, 0.15) is 0 Å². The average Bonchev–Trinajstić information content (AvgIpc) is 2.09. The third kappa shape index (κ3) is 5.58. The normalized spacial score (nSPS) is 16.2. The fourth-order valence-corrected chi connectivity index (χ4v) is 2.68. The van der Waals surface area contributed by atoms with Gasteiger partial charge in [0.25, 0.3) is 0 Å². The molecule has 0 rings (SSSR count). The Hall–Kier alpha value is 0.310. The van der Waals surface area contributed by atoms with Gasteiger partial charge in [-0.15, -0.1) is 0 Å². The number of nitrogens with zero attached hydrogens (tertiary/aromatic N) is 1. The highest BCUT2D eigenvalue weighted by molar-refractivity contribution is 7.98. The quantitative estimate of drug-likeness (QED) is 0.625. The zero-order valence-corrected chi connectivity index (χ0v) is 10.7. The Kier molecular flexibility index (Phi) is 7.87. The Bertz CT molecular complexity index is 115. The molecule has 0 aromatic rings. The van der Waals surface area contributed by atoms with Crippen LogP contribution in [0.2, 0.25) is 0 Å². The highest BCUT2D eigenvalue weighted by atomic mass is 32.2. The van der Waals surface area contributed by atoms with Gasteiger partial charge in [-0.3, -0.25) is 0 Å². The highest BCUT2D eigenvalue weighted by Gasteiger charge is 2.17. The molecule has 2 atom stereocenters. The molecule has 0 bridgehead atoms. The third-order valence-electron chi connectivity index (χ3n) is 2.67. The zero-order chi connectivity index (χ0) is 10.3. The van der Waals surface area contributed by atoms with Gasteiger partial charge in [-0.05, 0) is 32.7 Å². The first kappa shape index (κ1) is 13.3. The molecule has 0 aliphatic rings. The second-order valence-electron chi connectivity index (χ2n) is 4.11. The summed E-state index contributed by atoms with van der Waals surface area (Å²) in [7, 11) is 4.40. The van der Waals surface area contributed by atoms with Crippen molar-refractivity contribution >= 4 is 11.8 Å². The monoisotopic (exact) mass is 203 g/mol. The van der Waals surface area contributed by atoms with E-state index in [9.17, 15) is 0 Å². The van der Waals surface area contributed by atoms with E-state index in [1.807, 2.05) is 11.8 Å². The minimum absolute atomic E-state index is 0.751. The third-order valence-corrected chi connectivity index (χ3v) is 3.35. The first-order chi connectivity index (χ1) is 6.13. The maximum atomic E-state index is 2.39. The molecule has 2 unspecified atom stereocenters. The van der Waals surface area contributed by atoms with E-state index in [2.05, 4.69) is 39.1 Å². The van der Waals surface area contributed by atoms with Crippen LogP contribution < -0.4 is 0 Å². The summed E-state index contributed by atoms with van der Waals surface area (Å²) in [5, 5.41) is 0. The Morgan fingerprint density at radius 3 is 2.31 bits per heavy atom. The Morgan fingerprint density at radius 2 is 1.92 bits per heavy atom. The summed E-state index contributed by atoms with van der Waals surface area (Å²) in [6, 6.07) is 0.751. The number of hydrogen-bond donors (Lipinski definition) is 0. The van der Waals surface area contributed by atoms with E-state index in [4.69, 9.17) is 0 Å². The first-order valence-electron chi connectivity index (χ1n) is 5.28. The van der Waals surface area contributed by atoms with Crippen LogP contribution in [0.25, 0.3) is 0 Å². The standard InChI is InChI=1S/C11H25NS/c1-6-7-8-10(2)11(9-13-5)12(3)4/h10-11H,6-9H2,1-5H3. The van der Waals surface area contributed by atoms with Crippen molar-refractivity contribution in [1.29, 1.82) is 0 Å². The summed E-state index contributed by atoms with van der Waals surface area (Å²) < 4.78 is 0.